The topological polar surface area (TPSA) is 237 Å². The highest BCUT2D eigenvalue weighted by molar-refractivity contribution is 7.47. The molecule has 2 unspecified atom stereocenters. The molecule has 0 saturated heterocycles. The molecule has 0 fully saturated rings. The Balaban J connectivity index is 5.06. The first kappa shape index (κ1) is 55.1. The van der Waals surface area contributed by atoms with Crippen molar-refractivity contribution in [3.8, 4) is 0 Å². The van der Waals surface area contributed by atoms with E-state index < -0.39 is 97.5 Å². The van der Waals surface area contributed by atoms with Crippen molar-refractivity contribution in [2.45, 2.75) is 181 Å². The Kier molecular flexibility index (Phi) is 33.7. The Morgan fingerprint density at radius 2 is 0.702 bits per heavy atom. The molecule has 0 aromatic rings. The summed E-state index contributed by atoms with van der Waals surface area (Å²) >= 11 is 0. The van der Waals surface area contributed by atoms with Crippen LogP contribution in [-0.4, -0.2) is 96.7 Å². The molecule has 0 spiro atoms. The number of phosphoric acid groups is 2. The molecule has 0 aromatic carbocycles. The molecule has 0 aliphatic carbocycles. The van der Waals surface area contributed by atoms with Crippen molar-refractivity contribution in [3.63, 3.8) is 0 Å². The molecule has 57 heavy (non-hydrogen) atoms. The summed E-state index contributed by atoms with van der Waals surface area (Å²) in [6.07, 6.45) is 11.1. The number of aliphatic hydroxyl groups excluding tert-OH is 1. The molecule has 0 heterocycles. The number of rotatable bonds is 39. The standard InChI is InChI=1S/C38H72O17P2/c1-5-9-13-16-17-21-25-38(43)55-34(29-49-36(41)23-20-15-11-7-3)31-53-57(46,47)51-27-32(39)26-50-56(44,45)52-30-33(54-37(42)24-18-12-8-4)28-48-35(40)22-19-14-10-6-2/h32-34,39H,5-31H2,1-4H3,(H,44,45)(H,46,47)/t32-,33+,34+/m0/s1. The maximum Gasteiger partial charge on any atom is 0.472 e. The summed E-state index contributed by atoms with van der Waals surface area (Å²) in [4.78, 5) is 69.5. The molecule has 0 aliphatic heterocycles. The number of phosphoric ester groups is 2. The Hall–Kier alpha value is -1.94. The van der Waals surface area contributed by atoms with Gasteiger partial charge in [0.2, 0.25) is 0 Å². The summed E-state index contributed by atoms with van der Waals surface area (Å²) in [5.41, 5.74) is 0. The fraction of sp³-hybridized carbons (Fsp3) is 0.895. The van der Waals surface area contributed by atoms with Crippen molar-refractivity contribution in [2.24, 2.45) is 0 Å². The molecule has 0 amide bonds. The summed E-state index contributed by atoms with van der Waals surface area (Å²) in [6, 6.07) is 0. The summed E-state index contributed by atoms with van der Waals surface area (Å²) in [6.45, 7) is 4.16. The summed E-state index contributed by atoms with van der Waals surface area (Å²) in [5.74, 6) is -2.24. The molecular weight excluding hydrogens is 790 g/mol. The van der Waals surface area contributed by atoms with Gasteiger partial charge < -0.3 is 33.8 Å². The monoisotopic (exact) mass is 862 g/mol. The molecule has 0 bridgehead atoms. The lowest BCUT2D eigenvalue weighted by Crippen LogP contribution is -2.30. The smallest absolute Gasteiger partial charge is 0.462 e. The van der Waals surface area contributed by atoms with Crippen LogP contribution in [0.4, 0.5) is 0 Å². The number of aliphatic hydroxyl groups is 1. The van der Waals surface area contributed by atoms with Gasteiger partial charge in [0, 0.05) is 25.7 Å². The number of hydrogen-bond acceptors (Lipinski definition) is 15. The third kappa shape index (κ3) is 34.6. The highest BCUT2D eigenvalue weighted by atomic mass is 31.2. The molecule has 0 rings (SSSR count). The average molecular weight is 863 g/mol. The van der Waals surface area contributed by atoms with E-state index in [1.54, 1.807) is 0 Å². The zero-order valence-corrected chi connectivity index (χ0v) is 36.6. The van der Waals surface area contributed by atoms with Crippen LogP contribution in [0.3, 0.4) is 0 Å². The van der Waals surface area contributed by atoms with E-state index in [0.717, 1.165) is 83.5 Å². The third-order valence-corrected chi connectivity index (χ3v) is 10.3. The van der Waals surface area contributed by atoms with Gasteiger partial charge >= 0.3 is 39.5 Å². The van der Waals surface area contributed by atoms with Crippen LogP contribution in [-0.2, 0) is 65.4 Å². The van der Waals surface area contributed by atoms with Crippen LogP contribution in [0, 0.1) is 0 Å². The van der Waals surface area contributed by atoms with Gasteiger partial charge in [0.25, 0.3) is 0 Å². The number of unbranched alkanes of at least 4 members (excludes halogenated alkanes) is 13. The predicted octanol–water partition coefficient (Wildman–Crippen LogP) is 7.80. The summed E-state index contributed by atoms with van der Waals surface area (Å²) in [7, 11) is -9.78. The van der Waals surface area contributed by atoms with E-state index in [1.165, 1.54) is 0 Å². The molecule has 0 saturated carbocycles. The number of ether oxygens (including phenoxy) is 4. The van der Waals surface area contributed by atoms with Crippen LogP contribution < -0.4 is 0 Å². The van der Waals surface area contributed by atoms with Crippen LogP contribution in [0.1, 0.15) is 163 Å². The van der Waals surface area contributed by atoms with Crippen LogP contribution >= 0.6 is 15.6 Å². The number of carbonyl (C=O) groups excluding carboxylic acids is 4. The molecule has 19 heteroatoms. The molecule has 0 aromatic heterocycles. The summed E-state index contributed by atoms with van der Waals surface area (Å²) < 4.78 is 65.7. The third-order valence-electron chi connectivity index (χ3n) is 8.35. The van der Waals surface area contributed by atoms with Crippen LogP contribution in [0.5, 0.6) is 0 Å². The molecule has 5 atom stereocenters. The first-order chi connectivity index (χ1) is 27.2. The molecule has 0 aliphatic rings. The molecule has 3 N–H and O–H groups in total. The zero-order chi connectivity index (χ0) is 42.8. The fourth-order valence-corrected chi connectivity index (χ4v) is 6.62. The maximum atomic E-state index is 12.6. The lowest BCUT2D eigenvalue weighted by Gasteiger charge is -2.21. The van der Waals surface area contributed by atoms with Gasteiger partial charge in [-0.05, 0) is 25.7 Å². The van der Waals surface area contributed by atoms with Gasteiger partial charge in [0.15, 0.2) is 12.2 Å². The van der Waals surface area contributed by atoms with Crippen molar-refractivity contribution in [1.29, 1.82) is 0 Å². The van der Waals surface area contributed by atoms with Crippen LogP contribution in [0.15, 0.2) is 0 Å². The van der Waals surface area contributed by atoms with E-state index >= 15 is 0 Å². The van der Waals surface area contributed by atoms with Crippen molar-refractivity contribution in [2.75, 3.05) is 39.6 Å². The number of esters is 4. The minimum Gasteiger partial charge on any atom is -0.462 e. The van der Waals surface area contributed by atoms with E-state index in [1.807, 2.05) is 20.8 Å². The largest absolute Gasteiger partial charge is 0.472 e. The fourth-order valence-electron chi connectivity index (χ4n) is 5.04. The van der Waals surface area contributed by atoms with Crippen LogP contribution in [0.2, 0.25) is 0 Å². The zero-order valence-electron chi connectivity index (χ0n) is 34.8. The molecule has 336 valence electrons. The second kappa shape index (κ2) is 34.9. The predicted molar refractivity (Wildman–Crippen MR) is 211 cm³/mol. The van der Waals surface area contributed by atoms with E-state index in [2.05, 4.69) is 6.92 Å². The first-order valence-corrected chi connectivity index (χ1v) is 23.8. The quantitative estimate of drug-likeness (QED) is 0.0231. The maximum absolute atomic E-state index is 12.6. The van der Waals surface area contributed by atoms with Gasteiger partial charge in [0.05, 0.1) is 26.4 Å². The minimum absolute atomic E-state index is 0.0882. The van der Waals surface area contributed by atoms with E-state index in [4.69, 9.17) is 37.0 Å². The van der Waals surface area contributed by atoms with Gasteiger partial charge in [-0.25, -0.2) is 9.13 Å². The van der Waals surface area contributed by atoms with Gasteiger partial charge in [-0.2, -0.15) is 0 Å². The highest BCUT2D eigenvalue weighted by Gasteiger charge is 2.30. The summed E-state index contributed by atoms with van der Waals surface area (Å²) in [5, 5.41) is 10.2. The van der Waals surface area contributed by atoms with Crippen molar-refractivity contribution >= 4 is 39.5 Å². The molecule has 0 radical (unpaired) electrons. The Bertz CT molecular complexity index is 1170. The van der Waals surface area contributed by atoms with E-state index in [9.17, 15) is 43.2 Å². The second-order valence-electron chi connectivity index (χ2n) is 14.0. The van der Waals surface area contributed by atoms with Crippen LogP contribution in [0.25, 0.3) is 0 Å². The lowest BCUT2D eigenvalue weighted by atomic mass is 10.1. The molecule has 17 nitrogen and oxygen atoms in total. The SMILES string of the molecule is CCCCCCCCC(=O)O[C@H](COC(=O)CCCCCC)COP(=O)(O)OC[C@@H](O)COP(=O)(O)OC[C@@H](COC(=O)CCCCCC)OC(=O)CCCCC. The Morgan fingerprint density at radius 1 is 0.421 bits per heavy atom. The highest BCUT2D eigenvalue weighted by Crippen LogP contribution is 2.45. The van der Waals surface area contributed by atoms with Crippen molar-refractivity contribution < 1.29 is 80.2 Å². The first-order valence-electron chi connectivity index (χ1n) is 20.8. The lowest BCUT2D eigenvalue weighted by molar-refractivity contribution is -0.161. The second-order valence-corrected chi connectivity index (χ2v) is 16.9. The molecular formula is C38H72O17P2. The van der Waals surface area contributed by atoms with Gasteiger partial charge in [-0.15, -0.1) is 0 Å². The Labute approximate surface area is 339 Å². The van der Waals surface area contributed by atoms with Crippen molar-refractivity contribution in [1.82, 2.24) is 0 Å². The average Bonchev–Trinajstić information content (AvgIpc) is 3.17. The van der Waals surface area contributed by atoms with E-state index in [0.29, 0.717) is 25.7 Å². The normalized spacial score (nSPS) is 15.1. The van der Waals surface area contributed by atoms with Gasteiger partial charge in [-0.1, -0.05) is 111 Å². The Morgan fingerprint density at radius 3 is 1.09 bits per heavy atom. The van der Waals surface area contributed by atoms with Crippen molar-refractivity contribution in [3.05, 3.63) is 0 Å². The van der Waals surface area contributed by atoms with Gasteiger partial charge in [0.1, 0.15) is 19.3 Å². The minimum atomic E-state index is -4.89. The van der Waals surface area contributed by atoms with Gasteiger partial charge in [-0.3, -0.25) is 37.3 Å². The van der Waals surface area contributed by atoms with E-state index in [-0.39, 0.29) is 25.7 Å². The number of carbonyl (C=O) groups is 4. The number of hydrogen-bond donors (Lipinski definition) is 3.